The largest absolute Gasteiger partial charge is 0.270 e. The highest BCUT2D eigenvalue weighted by molar-refractivity contribution is 7.85. The predicted molar refractivity (Wildman–Crippen MR) is 68.0 cm³/mol. The Bertz CT molecular complexity index is 667. The third kappa shape index (κ3) is 3.87. The number of hydrogen-bond acceptors (Lipinski definition) is 4. The van der Waals surface area contributed by atoms with Gasteiger partial charge in [0.05, 0.1) is 19.1 Å². The molecule has 7 heteroatoms. The summed E-state index contributed by atoms with van der Waals surface area (Å²) in [7, 11) is -3.43. The lowest BCUT2D eigenvalue weighted by Gasteiger charge is -2.01. The van der Waals surface area contributed by atoms with E-state index in [0.29, 0.717) is 12.1 Å². The summed E-state index contributed by atoms with van der Waals surface area (Å²) in [5, 5.41) is 4.03. The molecule has 0 aliphatic rings. The van der Waals surface area contributed by atoms with Gasteiger partial charge in [0.25, 0.3) is 10.1 Å². The fourth-order valence-electron chi connectivity index (χ4n) is 1.57. The first-order chi connectivity index (χ1) is 8.96. The monoisotopic (exact) mass is 284 g/mol. The minimum absolute atomic E-state index is 0.0435. The molecule has 1 aromatic carbocycles. The molecule has 0 saturated carbocycles. The van der Waals surface area contributed by atoms with Gasteiger partial charge in [0.2, 0.25) is 0 Å². The van der Waals surface area contributed by atoms with Gasteiger partial charge in [-0.2, -0.15) is 13.5 Å². The highest BCUT2D eigenvalue weighted by Gasteiger charge is 2.07. The fourth-order valence-corrected chi connectivity index (χ4v) is 1.96. The molecule has 0 fully saturated rings. The van der Waals surface area contributed by atoms with Crippen LogP contribution in [0.4, 0.5) is 4.39 Å². The maximum absolute atomic E-state index is 13.5. The molecule has 0 atom stereocenters. The van der Waals surface area contributed by atoms with Crippen LogP contribution in [0.15, 0.2) is 36.7 Å². The molecule has 0 bridgehead atoms. The topological polar surface area (TPSA) is 61.2 Å². The second-order valence-corrected chi connectivity index (χ2v) is 5.66. The van der Waals surface area contributed by atoms with E-state index in [2.05, 4.69) is 9.28 Å². The molecule has 5 nitrogen and oxygen atoms in total. The molecule has 2 aromatic rings. The average molecular weight is 284 g/mol. The lowest BCUT2D eigenvalue weighted by atomic mass is 10.3. The summed E-state index contributed by atoms with van der Waals surface area (Å²) in [6.45, 7) is 0.0435. The standard InChI is InChI=1S/C12H13FN2O3S/c1-19(16,17)18-7-6-10-8-14-15(9-10)12-5-3-2-4-11(12)13/h2-5,8-9H,6-7H2,1H3. The van der Waals surface area contributed by atoms with Crippen molar-refractivity contribution in [3.05, 3.63) is 48.0 Å². The normalized spacial score (nSPS) is 11.7. The Morgan fingerprint density at radius 2 is 2.11 bits per heavy atom. The molecule has 0 aliphatic carbocycles. The Morgan fingerprint density at radius 3 is 2.79 bits per heavy atom. The van der Waals surface area contributed by atoms with Crippen molar-refractivity contribution in [3.8, 4) is 5.69 Å². The van der Waals surface area contributed by atoms with Gasteiger partial charge >= 0.3 is 0 Å². The van der Waals surface area contributed by atoms with Gasteiger partial charge in [0.15, 0.2) is 0 Å². The number of rotatable bonds is 5. The van der Waals surface area contributed by atoms with Gasteiger partial charge in [-0.1, -0.05) is 12.1 Å². The van der Waals surface area contributed by atoms with E-state index in [1.807, 2.05) is 0 Å². The Hall–Kier alpha value is -1.73. The molecular formula is C12H13FN2O3S. The van der Waals surface area contributed by atoms with Crippen molar-refractivity contribution in [3.63, 3.8) is 0 Å². The third-order valence-corrected chi connectivity index (χ3v) is 3.02. The minimum Gasteiger partial charge on any atom is -0.270 e. The van der Waals surface area contributed by atoms with Gasteiger partial charge in [-0.15, -0.1) is 0 Å². The van der Waals surface area contributed by atoms with Crippen molar-refractivity contribution in [2.24, 2.45) is 0 Å². The summed E-state index contributed by atoms with van der Waals surface area (Å²) in [5.74, 6) is -0.371. The highest BCUT2D eigenvalue weighted by Crippen LogP contribution is 2.12. The first-order valence-corrected chi connectivity index (χ1v) is 7.40. The van der Waals surface area contributed by atoms with Crippen LogP contribution >= 0.6 is 0 Å². The first-order valence-electron chi connectivity index (χ1n) is 5.58. The van der Waals surface area contributed by atoms with E-state index in [9.17, 15) is 12.8 Å². The molecule has 0 unspecified atom stereocenters. The second kappa shape index (κ2) is 5.50. The van der Waals surface area contributed by atoms with Gasteiger partial charge in [-0.3, -0.25) is 4.18 Å². The Balaban J connectivity index is 2.06. The zero-order valence-electron chi connectivity index (χ0n) is 10.3. The van der Waals surface area contributed by atoms with Crippen molar-refractivity contribution in [2.45, 2.75) is 6.42 Å². The zero-order valence-corrected chi connectivity index (χ0v) is 11.1. The van der Waals surface area contributed by atoms with Gasteiger partial charge in [-0.05, 0) is 17.7 Å². The van der Waals surface area contributed by atoms with E-state index >= 15 is 0 Å². The molecule has 0 N–H and O–H groups in total. The van der Waals surface area contributed by atoms with Crippen LogP contribution in [-0.2, 0) is 20.7 Å². The number of benzene rings is 1. The minimum atomic E-state index is -3.43. The van der Waals surface area contributed by atoms with Crippen molar-refractivity contribution >= 4 is 10.1 Å². The van der Waals surface area contributed by atoms with E-state index in [1.165, 1.54) is 10.7 Å². The maximum Gasteiger partial charge on any atom is 0.264 e. The molecule has 0 radical (unpaired) electrons. The number of aromatic nitrogens is 2. The second-order valence-electron chi connectivity index (χ2n) is 4.02. The van der Waals surface area contributed by atoms with E-state index in [0.717, 1.165) is 11.8 Å². The third-order valence-electron chi connectivity index (χ3n) is 2.42. The van der Waals surface area contributed by atoms with Gasteiger partial charge in [0, 0.05) is 12.6 Å². The molecule has 2 rings (SSSR count). The summed E-state index contributed by atoms with van der Waals surface area (Å²) >= 11 is 0. The van der Waals surface area contributed by atoms with E-state index in [4.69, 9.17) is 0 Å². The van der Waals surface area contributed by atoms with Crippen LogP contribution in [0.1, 0.15) is 5.56 Å². The van der Waals surface area contributed by atoms with Crippen LogP contribution in [0.3, 0.4) is 0 Å². The smallest absolute Gasteiger partial charge is 0.264 e. The summed E-state index contributed by atoms with van der Waals surface area (Å²) in [6.07, 6.45) is 4.58. The molecule has 1 heterocycles. The molecule has 102 valence electrons. The highest BCUT2D eigenvalue weighted by atomic mass is 32.2. The Morgan fingerprint density at radius 1 is 1.37 bits per heavy atom. The summed E-state index contributed by atoms with van der Waals surface area (Å²) < 4.78 is 41.2. The van der Waals surface area contributed by atoms with Crippen LogP contribution in [0.2, 0.25) is 0 Å². The molecule has 19 heavy (non-hydrogen) atoms. The number of halogens is 1. The number of hydrogen-bond donors (Lipinski definition) is 0. The first kappa shape index (κ1) is 13.7. The number of nitrogens with zero attached hydrogens (tertiary/aromatic N) is 2. The lowest BCUT2D eigenvalue weighted by molar-refractivity contribution is 0.326. The van der Waals surface area contributed by atoms with Crippen LogP contribution in [-0.4, -0.2) is 31.1 Å². The fraction of sp³-hybridized carbons (Fsp3) is 0.250. The van der Waals surface area contributed by atoms with E-state index in [-0.39, 0.29) is 12.4 Å². The van der Waals surface area contributed by atoms with Crippen molar-refractivity contribution < 1.29 is 17.0 Å². The molecular weight excluding hydrogens is 271 g/mol. The van der Waals surface area contributed by atoms with E-state index < -0.39 is 10.1 Å². The molecule has 1 aromatic heterocycles. The average Bonchev–Trinajstić information content (AvgIpc) is 2.76. The van der Waals surface area contributed by atoms with Crippen molar-refractivity contribution in [1.82, 2.24) is 9.78 Å². The quantitative estimate of drug-likeness (QED) is 0.781. The van der Waals surface area contributed by atoms with Crippen LogP contribution in [0, 0.1) is 5.82 Å². The van der Waals surface area contributed by atoms with Gasteiger partial charge < -0.3 is 0 Å². The lowest BCUT2D eigenvalue weighted by Crippen LogP contribution is -2.05. The zero-order chi connectivity index (χ0) is 13.9. The molecule has 0 aliphatic heterocycles. The number of para-hydroxylation sites is 1. The van der Waals surface area contributed by atoms with Crippen LogP contribution in [0.25, 0.3) is 5.69 Å². The Kier molecular flexibility index (Phi) is 3.96. The summed E-state index contributed by atoms with van der Waals surface area (Å²) in [6, 6.07) is 6.28. The SMILES string of the molecule is CS(=O)(=O)OCCc1cnn(-c2ccccc2F)c1. The molecule has 0 spiro atoms. The van der Waals surface area contributed by atoms with Crippen molar-refractivity contribution in [2.75, 3.05) is 12.9 Å². The van der Waals surface area contributed by atoms with Gasteiger partial charge in [-0.25, -0.2) is 9.07 Å². The molecule has 0 saturated heterocycles. The Labute approximate surface area is 110 Å². The summed E-state index contributed by atoms with van der Waals surface area (Å²) in [5.41, 5.74) is 1.12. The van der Waals surface area contributed by atoms with Crippen LogP contribution < -0.4 is 0 Å². The van der Waals surface area contributed by atoms with Gasteiger partial charge in [0.1, 0.15) is 11.5 Å². The predicted octanol–water partition coefficient (Wildman–Crippen LogP) is 1.53. The van der Waals surface area contributed by atoms with Crippen LogP contribution in [0.5, 0.6) is 0 Å². The summed E-state index contributed by atoms with van der Waals surface area (Å²) in [4.78, 5) is 0. The van der Waals surface area contributed by atoms with Crippen molar-refractivity contribution in [1.29, 1.82) is 0 Å². The maximum atomic E-state index is 13.5. The van der Waals surface area contributed by atoms with E-state index in [1.54, 1.807) is 30.6 Å². The molecule has 0 amide bonds.